The summed E-state index contributed by atoms with van der Waals surface area (Å²) in [5.41, 5.74) is 3.59. The van der Waals surface area contributed by atoms with Crippen LogP contribution < -0.4 is 5.32 Å². The molecule has 0 aliphatic rings. The minimum Gasteiger partial charge on any atom is -0.392 e. The minimum atomic E-state index is -0.222. The van der Waals surface area contributed by atoms with Gasteiger partial charge in [0, 0.05) is 5.69 Å². The van der Waals surface area contributed by atoms with Crippen LogP contribution in [0.15, 0.2) is 60.8 Å². The fraction of sp³-hybridized carbons (Fsp3) is 0.111. The minimum absolute atomic E-state index is 0.0608. The van der Waals surface area contributed by atoms with Crippen LogP contribution in [-0.4, -0.2) is 20.8 Å². The van der Waals surface area contributed by atoms with Crippen molar-refractivity contribution in [1.82, 2.24) is 9.78 Å². The number of anilines is 1. The quantitative estimate of drug-likeness (QED) is 0.779. The Kier molecular flexibility index (Phi) is 4.21. The maximum atomic E-state index is 12.5. The van der Waals surface area contributed by atoms with Crippen molar-refractivity contribution in [3.8, 4) is 5.69 Å². The molecule has 1 heterocycles. The molecule has 2 aromatic carbocycles. The lowest BCUT2D eigenvalue weighted by molar-refractivity contribution is 0.102. The number of aromatic nitrogens is 2. The van der Waals surface area contributed by atoms with Gasteiger partial charge in [0.2, 0.25) is 0 Å². The van der Waals surface area contributed by atoms with Crippen molar-refractivity contribution < 1.29 is 9.90 Å². The summed E-state index contributed by atoms with van der Waals surface area (Å²) in [5, 5.41) is 16.3. The van der Waals surface area contributed by atoms with Crippen LogP contribution in [-0.2, 0) is 6.61 Å². The number of hydrogen-bond acceptors (Lipinski definition) is 3. The van der Waals surface area contributed by atoms with Crippen molar-refractivity contribution in [2.24, 2.45) is 0 Å². The summed E-state index contributed by atoms with van der Waals surface area (Å²) in [5.74, 6) is -0.222. The molecule has 0 bridgehead atoms. The molecule has 0 radical (unpaired) electrons. The van der Waals surface area contributed by atoms with Gasteiger partial charge in [0.05, 0.1) is 29.7 Å². The first-order valence-corrected chi connectivity index (χ1v) is 7.30. The van der Waals surface area contributed by atoms with Crippen LogP contribution in [0.3, 0.4) is 0 Å². The third kappa shape index (κ3) is 3.14. The van der Waals surface area contributed by atoms with E-state index in [9.17, 15) is 4.79 Å². The van der Waals surface area contributed by atoms with Gasteiger partial charge in [-0.3, -0.25) is 4.79 Å². The molecule has 0 saturated carbocycles. The molecule has 3 rings (SSSR count). The van der Waals surface area contributed by atoms with Gasteiger partial charge >= 0.3 is 0 Å². The summed E-state index contributed by atoms with van der Waals surface area (Å²) in [4.78, 5) is 12.5. The normalized spacial score (nSPS) is 10.5. The predicted octanol–water partition coefficient (Wildman–Crippen LogP) is 2.93. The van der Waals surface area contributed by atoms with Gasteiger partial charge in [0.1, 0.15) is 0 Å². The van der Waals surface area contributed by atoms with Crippen molar-refractivity contribution >= 4 is 11.6 Å². The predicted molar refractivity (Wildman–Crippen MR) is 88.6 cm³/mol. The Morgan fingerprint density at radius 2 is 1.96 bits per heavy atom. The van der Waals surface area contributed by atoms with Gasteiger partial charge in [-0.15, -0.1) is 0 Å². The first-order chi connectivity index (χ1) is 11.2. The van der Waals surface area contributed by atoms with Crippen LogP contribution in [0.25, 0.3) is 5.69 Å². The van der Waals surface area contributed by atoms with E-state index in [4.69, 9.17) is 5.11 Å². The van der Waals surface area contributed by atoms with E-state index in [0.717, 1.165) is 16.9 Å². The Morgan fingerprint density at radius 3 is 2.70 bits per heavy atom. The molecule has 0 fully saturated rings. The van der Waals surface area contributed by atoms with Crippen LogP contribution >= 0.6 is 0 Å². The van der Waals surface area contributed by atoms with Gasteiger partial charge < -0.3 is 10.4 Å². The van der Waals surface area contributed by atoms with Crippen molar-refractivity contribution in [3.63, 3.8) is 0 Å². The van der Waals surface area contributed by atoms with E-state index < -0.39 is 0 Å². The first kappa shape index (κ1) is 15.0. The van der Waals surface area contributed by atoms with Crippen molar-refractivity contribution in [2.45, 2.75) is 13.5 Å². The maximum Gasteiger partial charge on any atom is 0.259 e. The molecular weight excluding hydrogens is 290 g/mol. The molecule has 0 atom stereocenters. The van der Waals surface area contributed by atoms with E-state index in [2.05, 4.69) is 10.4 Å². The maximum absolute atomic E-state index is 12.5. The van der Waals surface area contributed by atoms with Crippen molar-refractivity contribution in [1.29, 1.82) is 0 Å². The Bertz CT molecular complexity index is 825. The number of nitrogens with one attached hydrogen (secondary N) is 1. The molecule has 0 aliphatic heterocycles. The van der Waals surface area contributed by atoms with Gasteiger partial charge in [-0.25, -0.2) is 4.68 Å². The highest BCUT2D eigenvalue weighted by Crippen LogP contribution is 2.17. The standard InChI is InChI=1S/C18H17N3O2/c1-13-17(11-19-21(13)16-8-3-2-4-9-16)18(23)20-15-7-5-6-14(10-15)12-22/h2-11,22H,12H2,1H3,(H,20,23). The Morgan fingerprint density at radius 1 is 1.17 bits per heavy atom. The number of carbonyl (C=O) groups is 1. The fourth-order valence-electron chi connectivity index (χ4n) is 2.41. The summed E-state index contributed by atoms with van der Waals surface area (Å²) in [6.07, 6.45) is 1.56. The number of aliphatic hydroxyl groups is 1. The number of para-hydroxylation sites is 1. The average Bonchev–Trinajstić information content (AvgIpc) is 2.97. The number of carbonyl (C=O) groups excluding carboxylic acids is 1. The lowest BCUT2D eigenvalue weighted by atomic mass is 10.2. The molecule has 5 nitrogen and oxygen atoms in total. The molecule has 0 spiro atoms. The van der Waals surface area contributed by atoms with Crippen molar-refractivity contribution in [3.05, 3.63) is 77.6 Å². The van der Waals surface area contributed by atoms with Gasteiger partial charge in [-0.05, 0) is 36.8 Å². The second-order valence-corrected chi connectivity index (χ2v) is 5.20. The number of hydrogen-bond donors (Lipinski definition) is 2. The second-order valence-electron chi connectivity index (χ2n) is 5.20. The van der Waals surface area contributed by atoms with Gasteiger partial charge in [-0.2, -0.15) is 5.10 Å². The Balaban J connectivity index is 1.84. The fourth-order valence-corrected chi connectivity index (χ4v) is 2.41. The molecular formula is C18H17N3O2. The smallest absolute Gasteiger partial charge is 0.259 e. The zero-order valence-electron chi connectivity index (χ0n) is 12.7. The Hall–Kier alpha value is -2.92. The highest BCUT2D eigenvalue weighted by atomic mass is 16.3. The molecule has 0 unspecified atom stereocenters. The van der Waals surface area contributed by atoms with Gasteiger partial charge in [0.25, 0.3) is 5.91 Å². The zero-order chi connectivity index (χ0) is 16.2. The van der Waals surface area contributed by atoms with Crippen LogP contribution in [0.1, 0.15) is 21.6 Å². The highest BCUT2D eigenvalue weighted by molar-refractivity contribution is 6.05. The molecule has 23 heavy (non-hydrogen) atoms. The first-order valence-electron chi connectivity index (χ1n) is 7.30. The monoisotopic (exact) mass is 307 g/mol. The molecule has 116 valence electrons. The number of benzene rings is 2. The largest absolute Gasteiger partial charge is 0.392 e. The van der Waals surface area contributed by atoms with E-state index in [1.165, 1.54) is 0 Å². The molecule has 2 N–H and O–H groups in total. The van der Waals surface area contributed by atoms with E-state index >= 15 is 0 Å². The number of aliphatic hydroxyl groups excluding tert-OH is 1. The number of rotatable bonds is 4. The SMILES string of the molecule is Cc1c(C(=O)Nc2cccc(CO)c2)cnn1-c1ccccc1. The summed E-state index contributed by atoms with van der Waals surface area (Å²) in [6.45, 7) is 1.80. The summed E-state index contributed by atoms with van der Waals surface area (Å²) >= 11 is 0. The summed E-state index contributed by atoms with van der Waals surface area (Å²) < 4.78 is 1.74. The molecule has 5 heteroatoms. The molecule has 1 amide bonds. The number of nitrogens with zero attached hydrogens (tertiary/aromatic N) is 2. The highest BCUT2D eigenvalue weighted by Gasteiger charge is 2.15. The third-order valence-electron chi connectivity index (χ3n) is 3.62. The van der Waals surface area contributed by atoms with E-state index in [-0.39, 0.29) is 12.5 Å². The second kappa shape index (κ2) is 6.46. The van der Waals surface area contributed by atoms with Crippen molar-refractivity contribution in [2.75, 3.05) is 5.32 Å². The lowest BCUT2D eigenvalue weighted by Gasteiger charge is -2.07. The van der Waals surface area contributed by atoms with Crippen LogP contribution in [0.2, 0.25) is 0 Å². The van der Waals surface area contributed by atoms with Crippen LogP contribution in [0, 0.1) is 6.92 Å². The number of amides is 1. The molecule has 0 aliphatic carbocycles. The van der Waals surface area contributed by atoms with Crippen LogP contribution in [0.5, 0.6) is 0 Å². The molecule has 1 aromatic heterocycles. The Labute approximate surface area is 134 Å². The molecule has 3 aromatic rings. The summed E-state index contributed by atoms with van der Waals surface area (Å²) in [7, 11) is 0. The topological polar surface area (TPSA) is 67.2 Å². The third-order valence-corrected chi connectivity index (χ3v) is 3.62. The van der Waals surface area contributed by atoms with E-state index in [1.54, 1.807) is 35.1 Å². The molecule has 0 saturated heterocycles. The summed E-state index contributed by atoms with van der Waals surface area (Å²) in [6, 6.07) is 16.8. The van der Waals surface area contributed by atoms with E-state index in [1.807, 2.05) is 37.3 Å². The lowest BCUT2D eigenvalue weighted by Crippen LogP contribution is -2.13. The van der Waals surface area contributed by atoms with E-state index in [0.29, 0.717) is 11.3 Å². The average molecular weight is 307 g/mol. The van der Waals surface area contributed by atoms with Crippen LogP contribution in [0.4, 0.5) is 5.69 Å². The zero-order valence-corrected chi connectivity index (χ0v) is 12.7. The van der Waals surface area contributed by atoms with Gasteiger partial charge in [-0.1, -0.05) is 30.3 Å². The van der Waals surface area contributed by atoms with Gasteiger partial charge in [0.15, 0.2) is 0 Å².